The first-order valence-electron chi connectivity index (χ1n) is 4.99. The monoisotopic (exact) mass is 211 g/mol. The van der Waals surface area contributed by atoms with Crippen molar-refractivity contribution in [3.8, 4) is 0 Å². The summed E-state index contributed by atoms with van der Waals surface area (Å²) < 4.78 is 1.84. The van der Waals surface area contributed by atoms with Crippen LogP contribution in [-0.2, 0) is 0 Å². The van der Waals surface area contributed by atoms with Gasteiger partial charge in [-0.05, 0) is 30.7 Å². The second-order valence-electron chi connectivity index (χ2n) is 3.73. The molecular formula is C12H9N3O. The molecule has 0 saturated carbocycles. The smallest absolute Gasteiger partial charge is 0.282 e. The summed E-state index contributed by atoms with van der Waals surface area (Å²) in [5, 5.41) is 0.547. The Hall–Kier alpha value is -2.23. The molecule has 0 unspecified atom stereocenters. The molecule has 3 aromatic rings. The van der Waals surface area contributed by atoms with Gasteiger partial charge < -0.3 is 0 Å². The average molecular weight is 211 g/mol. The van der Waals surface area contributed by atoms with Gasteiger partial charge in [0.2, 0.25) is 0 Å². The van der Waals surface area contributed by atoms with Gasteiger partial charge in [-0.1, -0.05) is 6.07 Å². The maximum Gasteiger partial charge on any atom is 0.282 e. The van der Waals surface area contributed by atoms with E-state index in [0.29, 0.717) is 16.7 Å². The average Bonchev–Trinajstić information content (AvgIpc) is 2.31. The Bertz CT molecular complexity index is 746. The Morgan fingerprint density at radius 2 is 2.12 bits per heavy atom. The van der Waals surface area contributed by atoms with Gasteiger partial charge in [0, 0.05) is 12.4 Å². The molecule has 0 spiro atoms. The molecule has 0 aliphatic rings. The van der Waals surface area contributed by atoms with Gasteiger partial charge in [-0.2, -0.15) is 4.98 Å². The zero-order chi connectivity index (χ0) is 11.1. The van der Waals surface area contributed by atoms with E-state index < -0.39 is 0 Å². The summed E-state index contributed by atoms with van der Waals surface area (Å²) in [7, 11) is 0. The van der Waals surface area contributed by atoms with Gasteiger partial charge in [-0.25, -0.2) is 4.98 Å². The topological polar surface area (TPSA) is 47.3 Å². The van der Waals surface area contributed by atoms with Gasteiger partial charge >= 0.3 is 0 Å². The molecule has 0 aliphatic carbocycles. The van der Waals surface area contributed by atoms with E-state index in [1.54, 1.807) is 18.3 Å². The van der Waals surface area contributed by atoms with Crippen LogP contribution in [0.1, 0.15) is 5.56 Å². The third-order valence-corrected chi connectivity index (χ3v) is 2.54. The van der Waals surface area contributed by atoms with Gasteiger partial charge in [-0.3, -0.25) is 9.20 Å². The molecule has 4 nitrogen and oxygen atoms in total. The van der Waals surface area contributed by atoms with Crippen molar-refractivity contribution in [1.29, 1.82) is 0 Å². The molecule has 0 atom stereocenters. The van der Waals surface area contributed by atoms with Crippen molar-refractivity contribution >= 4 is 16.7 Å². The number of fused-ring (bicyclic) bond motifs is 3. The molecule has 3 aromatic heterocycles. The number of pyridine rings is 2. The van der Waals surface area contributed by atoms with Gasteiger partial charge in [-0.15, -0.1) is 0 Å². The normalized spacial score (nSPS) is 11.1. The Morgan fingerprint density at radius 3 is 3.00 bits per heavy atom. The fourth-order valence-corrected chi connectivity index (χ4v) is 1.78. The molecule has 0 aliphatic heterocycles. The Morgan fingerprint density at radius 1 is 1.25 bits per heavy atom. The van der Waals surface area contributed by atoms with Crippen molar-refractivity contribution in [2.45, 2.75) is 6.92 Å². The molecule has 0 saturated heterocycles. The maximum atomic E-state index is 11.7. The summed E-state index contributed by atoms with van der Waals surface area (Å²) in [5.41, 5.74) is 2.15. The number of rotatable bonds is 0. The lowest BCUT2D eigenvalue weighted by Gasteiger charge is -2.04. The van der Waals surface area contributed by atoms with Crippen molar-refractivity contribution in [3.05, 3.63) is 52.6 Å². The first kappa shape index (κ1) is 9.03. The minimum atomic E-state index is -0.230. The lowest BCUT2D eigenvalue weighted by molar-refractivity contribution is 1.08. The number of nitrogens with zero attached hydrogens (tertiary/aromatic N) is 3. The second kappa shape index (κ2) is 3.13. The first-order chi connectivity index (χ1) is 7.75. The van der Waals surface area contributed by atoms with E-state index in [-0.39, 0.29) is 5.56 Å². The highest BCUT2D eigenvalue weighted by atomic mass is 16.1. The molecule has 78 valence electrons. The predicted molar refractivity (Wildman–Crippen MR) is 61.5 cm³/mol. The molecule has 3 heterocycles. The Labute approximate surface area is 91.2 Å². The zero-order valence-electron chi connectivity index (χ0n) is 8.71. The Kier molecular flexibility index (Phi) is 1.77. The zero-order valence-corrected chi connectivity index (χ0v) is 8.71. The largest absolute Gasteiger partial charge is 0.285 e. The van der Waals surface area contributed by atoms with Crippen molar-refractivity contribution in [1.82, 2.24) is 14.4 Å². The van der Waals surface area contributed by atoms with E-state index in [1.165, 1.54) is 0 Å². The van der Waals surface area contributed by atoms with E-state index in [4.69, 9.17) is 0 Å². The maximum absolute atomic E-state index is 11.7. The summed E-state index contributed by atoms with van der Waals surface area (Å²) in [6, 6.07) is 7.24. The molecule has 0 radical (unpaired) electrons. The summed E-state index contributed by atoms with van der Waals surface area (Å²) in [5.74, 6) is 0. The quantitative estimate of drug-likeness (QED) is 0.530. The molecule has 4 heteroatoms. The molecule has 0 N–H and O–H groups in total. The third kappa shape index (κ3) is 1.20. The van der Waals surface area contributed by atoms with Crippen LogP contribution in [0.5, 0.6) is 0 Å². The highest BCUT2D eigenvalue weighted by molar-refractivity contribution is 5.76. The number of aryl methyl sites for hydroxylation is 1. The van der Waals surface area contributed by atoms with Crippen LogP contribution in [0.3, 0.4) is 0 Å². The molecule has 0 amide bonds. The summed E-state index contributed by atoms with van der Waals surface area (Å²) in [4.78, 5) is 20.0. The van der Waals surface area contributed by atoms with Crippen molar-refractivity contribution in [2.24, 2.45) is 0 Å². The summed E-state index contributed by atoms with van der Waals surface area (Å²) >= 11 is 0. The van der Waals surface area contributed by atoms with Gasteiger partial charge in [0.05, 0.1) is 5.39 Å². The van der Waals surface area contributed by atoms with Gasteiger partial charge in [0.25, 0.3) is 5.56 Å². The van der Waals surface area contributed by atoms with Crippen molar-refractivity contribution < 1.29 is 0 Å². The van der Waals surface area contributed by atoms with Crippen LogP contribution >= 0.6 is 0 Å². The molecule has 3 rings (SSSR count). The highest BCUT2D eigenvalue weighted by Crippen LogP contribution is 2.09. The van der Waals surface area contributed by atoms with E-state index in [9.17, 15) is 4.79 Å². The molecule has 0 bridgehead atoms. The van der Waals surface area contributed by atoms with E-state index >= 15 is 0 Å². The number of hydrogen-bond acceptors (Lipinski definition) is 3. The van der Waals surface area contributed by atoms with Crippen molar-refractivity contribution in [2.75, 3.05) is 0 Å². The summed E-state index contributed by atoms with van der Waals surface area (Å²) in [6.45, 7) is 1.99. The van der Waals surface area contributed by atoms with Crippen molar-refractivity contribution in [3.63, 3.8) is 0 Å². The van der Waals surface area contributed by atoms with E-state index in [1.807, 2.05) is 29.7 Å². The van der Waals surface area contributed by atoms with E-state index in [0.717, 1.165) is 5.56 Å². The molecular weight excluding hydrogens is 202 g/mol. The summed E-state index contributed by atoms with van der Waals surface area (Å²) in [6.07, 6.45) is 3.60. The minimum Gasteiger partial charge on any atom is -0.285 e. The minimum absolute atomic E-state index is 0.230. The molecule has 16 heavy (non-hydrogen) atoms. The van der Waals surface area contributed by atoms with E-state index in [2.05, 4.69) is 9.97 Å². The van der Waals surface area contributed by atoms with Gasteiger partial charge in [0.15, 0.2) is 5.65 Å². The number of aromatic nitrogens is 3. The van der Waals surface area contributed by atoms with Crippen LogP contribution < -0.4 is 5.56 Å². The molecule has 0 fully saturated rings. The first-order valence-corrected chi connectivity index (χ1v) is 4.99. The third-order valence-electron chi connectivity index (χ3n) is 2.54. The lowest BCUT2D eigenvalue weighted by atomic mass is 10.3. The van der Waals surface area contributed by atoms with Gasteiger partial charge in [0.1, 0.15) is 5.65 Å². The molecule has 0 aromatic carbocycles. The van der Waals surface area contributed by atoms with Crippen LogP contribution in [-0.4, -0.2) is 14.4 Å². The van der Waals surface area contributed by atoms with Crippen LogP contribution in [0.4, 0.5) is 0 Å². The lowest BCUT2D eigenvalue weighted by Crippen LogP contribution is -2.11. The second-order valence-corrected chi connectivity index (χ2v) is 3.73. The van der Waals surface area contributed by atoms with Crippen LogP contribution in [0.25, 0.3) is 16.7 Å². The fraction of sp³-hybridized carbons (Fsp3) is 0.0833. The van der Waals surface area contributed by atoms with Crippen LogP contribution in [0.2, 0.25) is 0 Å². The number of hydrogen-bond donors (Lipinski definition) is 0. The predicted octanol–water partition coefficient (Wildman–Crippen LogP) is 1.55. The Balaban J connectivity index is 2.66. The fourth-order valence-electron chi connectivity index (χ4n) is 1.78. The SMILES string of the molecule is Cc1ccc2nc(=O)c3cccnc3n2c1. The van der Waals surface area contributed by atoms with Crippen LogP contribution in [0, 0.1) is 6.92 Å². The standard InChI is InChI=1S/C12H9N3O/c1-8-4-5-10-14-12(16)9-3-2-6-13-11(9)15(10)7-8/h2-7H,1H3. The highest BCUT2D eigenvalue weighted by Gasteiger charge is 2.04. The van der Waals surface area contributed by atoms with Crippen LogP contribution in [0.15, 0.2) is 41.5 Å².